The monoisotopic (exact) mass is 423 g/mol. The molecule has 0 saturated carbocycles. The summed E-state index contributed by atoms with van der Waals surface area (Å²) in [5, 5.41) is 2.92. The fourth-order valence-corrected chi connectivity index (χ4v) is 3.19. The lowest BCUT2D eigenvalue weighted by Gasteiger charge is -2.31. The quantitative estimate of drug-likeness (QED) is 0.545. The summed E-state index contributed by atoms with van der Waals surface area (Å²) in [5.74, 6) is 1.07. The highest BCUT2D eigenvalue weighted by Crippen LogP contribution is 2.39. The Morgan fingerprint density at radius 1 is 1.10 bits per heavy atom. The van der Waals surface area contributed by atoms with Gasteiger partial charge in [0.15, 0.2) is 13.1 Å². The number of carbonyl (C=O) groups is 2. The highest BCUT2D eigenvalue weighted by Gasteiger charge is 2.22. The maximum atomic E-state index is 12.6. The highest BCUT2D eigenvalue weighted by atomic mass is 16.5. The standard InChI is InChI=1S/C21H34N4O5/c1-6-29-18-13-17(25-8-10-28-11-9-25)19(30-7-2)12-16(18)22-20(26)14-24(5)15-21(27)23(3)4/h12-13H,6-11,14-15H2,1-5H3,(H,22,26)/p+1. The molecule has 9 nitrogen and oxygen atoms in total. The molecule has 30 heavy (non-hydrogen) atoms. The number of hydrogen-bond acceptors (Lipinski definition) is 6. The van der Waals surface area contributed by atoms with Crippen molar-refractivity contribution < 1.29 is 28.7 Å². The van der Waals surface area contributed by atoms with Crippen molar-refractivity contribution in [3.05, 3.63) is 12.1 Å². The molecule has 1 aromatic carbocycles. The molecule has 0 spiro atoms. The largest absolute Gasteiger partial charge is 0.492 e. The third kappa shape index (κ3) is 6.77. The van der Waals surface area contributed by atoms with Gasteiger partial charge in [0.25, 0.3) is 11.8 Å². The van der Waals surface area contributed by atoms with Gasteiger partial charge in [-0.3, -0.25) is 9.59 Å². The third-order valence-electron chi connectivity index (χ3n) is 4.70. The molecule has 1 atom stereocenters. The molecule has 2 amide bonds. The Labute approximate surface area is 178 Å². The predicted octanol–water partition coefficient (Wildman–Crippen LogP) is -0.138. The Hall–Kier alpha value is -2.52. The van der Waals surface area contributed by atoms with E-state index in [-0.39, 0.29) is 24.9 Å². The molecule has 0 radical (unpaired) electrons. The Kier molecular flexibility index (Phi) is 9.19. The van der Waals surface area contributed by atoms with Crippen molar-refractivity contribution in [1.29, 1.82) is 0 Å². The third-order valence-corrected chi connectivity index (χ3v) is 4.70. The van der Waals surface area contributed by atoms with Crippen LogP contribution in [-0.2, 0) is 14.3 Å². The Balaban J connectivity index is 2.19. The minimum Gasteiger partial charge on any atom is -0.492 e. The van der Waals surface area contributed by atoms with Crippen LogP contribution in [0.25, 0.3) is 0 Å². The van der Waals surface area contributed by atoms with Gasteiger partial charge in [-0.15, -0.1) is 0 Å². The van der Waals surface area contributed by atoms with E-state index >= 15 is 0 Å². The van der Waals surface area contributed by atoms with E-state index in [9.17, 15) is 9.59 Å². The van der Waals surface area contributed by atoms with E-state index in [1.54, 1.807) is 14.1 Å². The highest BCUT2D eigenvalue weighted by molar-refractivity contribution is 5.94. The Morgan fingerprint density at radius 2 is 1.73 bits per heavy atom. The van der Waals surface area contributed by atoms with Crippen molar-refractivity contribution in [3.8, 4) is 11.5 Å². The number of morpholine rings is 1. The zero-order chi connectivity index (χ0) is 22.1. The van der Waals surface area contributed by atoms with Gasteiger partial charge in [-0.2, -0.15) is 0 Å². The first kappa shape index (κ1) is 23.8. The van der Waals surface area contributed by atoms with E-state index in [0.29, 0.717) is 43.6 Å². The van der Waals surface area contributed by atoms with Gasteiger partial charge < -0.3 is 34.2 Å². The number of nitrogens with zero attached hydrogens (tertiary/aromatic N) is 2. The van der Waals surface area contributed by atoms with Crippen LogP contribution in [0.4, 0.5) is 11.4 Å². The molecule has 1 unspecified atom stereocenters. The van der Waals surface area contributed by atoms with Crippen molar-refractivity contribution in [2.45, 2.75) is 13.8 Å². The second kappa shape index (κ2) is 11.6. The molecule has 1 aromatic rings. The number of rotatable bonds is 10. The number of amides is 2. The molecule has 0 bridgehead atoms. The summed E-state index contributed by atoms with van der Waals surface area (Å²) >= 11 is 0. The number of likely N-dealkylation sites (N-methyl/N-ethyl adjacent to an activating group) is 2. The van der Waals surface area contributed by atoms with E-state index in [4.69, 9.17) is 14.2 Å². The molecule has 0 aliphatic carbocycles. The van der Waals surface area contributed by atoms with Gasteiger partial charge in [0.05, 0.1) is 44.8 Å². The smallest absolute Gasteiger partial charge is 0.279 e. The fraction of sp³-hybridized carbons (Fsp3) is 0.619. The van der Waals surface area contributed by atoms with Crippen molar-refractivity contribution in [1.82, 2.24) is 4.90 Å². The van der Waals surface area contributed by atoms with Gasteiger partial charge >= 0.3 is 0 Å². The number of carbonyl (C=O) groups excluding carboxylic acids is 2. The molecular formula is C21H35N4O5+. The van der Waals surface area contributed by atoms with Crippen LogP contribution in [0.1, 0.15) is 13.8 Å². The SMILES string of the molecule is CCOc1cc(N2CCOCC2)c(OCC)cc1NC(=O)C[NH+](C)CC(=O)N(C)C. The average Bonchev–Trinajstić information content (AvgIpc) is 2.70. The van der Waals surface area contributed by atoms with Crippen molar-refractivity contribution >= 4 is 23.2 Å². The number of anilines is 2. The molecule has 1 fully saturated rings. The van der Waals surface area contributed by atoms with Gasteiger partial charge in [-0.05, 0) is 13.8 Å². The summed E-state index contributed by atoms with van der Waals surface area (Å²) in [7, 11) is 5.22. The summed E-state index contributed by atoms with van der Waals surface area (Å²) in [5.41, 5.74) is 1.50. The van der Waals surface area contributed by atoms with Crippen LogP contribution < -0.4 is 24.6 Å². The van der Waals surface area contributed by atoms with Crippen LogP contribution in [0, 0.1) is 0 Å². The summed E-state index contributed by atoms with van der Waals surface area (Å²) < 4.78 is 17.1. The van der Waals surface area contributed by atoms with E-state index in [1.807, 2.05) is 33.0 Å². The zero-order valence-corrected chi connectivity index (χ0v) is 18.7. The molecule has 1 saturated heterocycles. The van der Waals surface area contributed by atoms with Crippen LogP contribution in [0.3, 0.4) is 0 Å². The zero-order valence-electron chi connectivity index (χ0n) is 18.7. The van der Waals surface area contributed by atoms with Crippen LogP contribution in [-0.4, -0.2) is 90.5 Å². The van der Waals surface area contributed by atoms with Crippen LogP contribution in [0.5, 0.6) is 11.5 Å². The van der Waals surface area contributed by atoms with Crippen LogP contribution in [0.2, 0.25) is 0 Å². The summed E-state index contributed by atoms with van der Waals surface area (Å²) in [4.78, 5) is 29.0. The predicted molar refractivity (Wildman–Crippen MR) is 116 cm³/mol. The maximum absolute atomic E-state index is 12.6. The normalized spacial score (nSPS) is 14.8. The van der Waals surface area contributed by atoms with E-state index in [1.165, 1.54) is 4.90 Å². The first-order valence-electron chi connectivity index (χ1n) is 10.4. The van der Waals surface area contributed by atoms with Gasteiger partial charge in [-0.1, -0.05) is 0 Å². The lowest BCUT2D eigenvalue weighted by Crippen LogP contribution is -3.11. The first-order valence-corrected chi connectivity index (χ1v) is 10.4. The van der Waals surface area contributed by atoms with Crippen LogP contribution in [0.15, 0.2) is 12.1 Å². The number of benzene rings is 1. The molecule has 168 valence electrons. The topological polar surface area (TPSA) is 84.8 Å². The summed E-state index contributed by atoms with van der Waals surface area (Å²) in [6.07, 6.45) is 0. The Morgan fingerprint density at radius 3 is 2.33 bits per heavy atom. The second-order valence-corrected chi connectivity index (χ2v) is 7.43. The van der Waals surface area contributed by atoms with E-state index in [2.05, 4.69) is 10.2 Å². The molecule has 1 aliphatic rings. The molecule has 1 heterocycles. The summed E-state index contributed by atoms with van der Waals surface area (Å²) in [6, 6.07) is 3.74. The van der Waals surface area contributed by atoms with Gasteiger partial charge in [0.1, 0.15) is 11.5 Å². The number of nitrogens with one attached hydrogen (secondary N) is 2. The van der Waals surface area contributed by atoms with Gasteiger partial charge in [-0.25, -0.2) is 0 Å². The van der Waals surface area contributed by atoms with Gasteiger partial charge in [0, 0.05) is 39.3 Å². The van der Waals surface area contributed by atoms with Crippen molar-refractivity contribution in [2.75, 3.05) is 84.0 Å². The molecule has 1 aliphatic heterocycles. The molecule has 2 rings (SSSR count). The van der Waals surface area contributed by atoms with E-state index in [0.717, 1.165) is 23.7 Å². The maximum Gasteiger partial charge on any atom is 0.279 e. The lowest BCUT2D eigenvalue weighted by atomic mass is 10.2. The number of quaternary nitrogens is 1. The van der Waals surface area contributed by atoms with Gasteiger partial charge in [0.2, 0.25) is 0 Å². The first-order chi connectivity index (χ1) is 14.3. The van der Waals surface area contributed by atoms with Crippen molar-refractivity contribution in [2.24, 2.45) is 0 Å². The molecular weight excluding hydrogens is 388 g/mol. The van der Waals surface area contributed by atoms with Crippen molar-refractivity contribution in [3.63, 3.8) is 0 Å². The average molecular weight is 424 g/mol. The molecule has 9 heteroatoms. The lowest BCUT2D eigenvalue weighted by molar-refractivity contribution is -0.862. The number of ether oxygens (including phenoxy) is 3. The minimum atomic E-state index is -0.193. The van der Waals surface area contributed by atoms with Crippen LogP contribution >= 0.6 is 0 Å². The second-order valence-electron chi connectivity index (χ2n) is 7.43. The number of hydrogen-bond donors (Lipinski definition) is 2. The fourth-order valence-electron chi connectivity index (χ4n) is 3.19. The Bertz CT molecular complexity index is 720. The molecule has 2 N–H and O–H groups in total. The molecule has 0 aromatic heterocycles. The van der Waals surface area contributed by atoms with E-state index < -0.39 is 0 Å². The minimum absolute atomic E-state index is 0.0243. The summed E-state index contributed by atoms with van der Waals surface area (Å²) in [6.45, 7) is 8.10.